The lowest BCUT2D eigenvalue weighted by Gasteiger charge is -2.11. The first-order valence-electron chi connectivity index (χ1n) is 4.53. The van der Waals surface area contributed by atoms with E-state index >= 15 is 0 Å². The summed E-state index contributed by atoms with van der Waals surface area (Å²) in [4.78, 5) is 4.40. The minimum Gasteiger partial charge on any atom is -0.309 e. The molecule has 1 aromatic rings. The van der Waals surface area contributed by atoms with Crippen molar-refractivity contribution in [1.82, 2.24) is 10.3 Å². The van der Waals surface area contributed by atoms with Crippen LogP contribution in [0.2, 0.25) is 0 Å². The third kappa shape index (κ3) is 2.84. The number of aromatic nitrogens is 1. The van der Waals surface area contributed by atoms with Gasteiger partial charge in [0.25, 0.3) is 0 Å². The number of hydrogen-bond donors (Lipinski definition) is 1. The van der Waals surface area contributed by atoms with E-state index in [-0.39, 0.29) is 24.8 Å². The first-order chi connectivity index (χ1) is 5.88. The van der Waals surface area contributed by atoms with E-state index in [0.717, 1.165) is 6.54 Å². The van der Waals surface area contributed by atoms with Crippen LogP contribution in [0.4, 0.5) is 0 Å². The zero-order valence-corrected chi connectivity index (χ0v) is 9.83. The summed E-state index contributed by atoms with van der Waals surface area (Å²) in [5, 5.41) is 3.45. The molecule has 0 radical (unpaired) electrons. The molecule has 14 heavy (non-hydrogen) atoms. The quantitative estimate of drug-likeness (QED) is 0.809. The van der Waals surface area contributed by atoms with Crippen molar-refractivity contribution in [3.05, 3.63) is 29.6 Å². The average molecular weight is 235 g/mol. The summed E-state index contributed by atoms with van der Waals surface area (Å²) in [5.41, 5.74) is 2.53. The van der Waals surface area contributed by atoms with E-state index < -0.39 is 0 Å². The summed E-state index contributed by atoms with van der Waals surface area (Å²) >= 11 is 0. The maximum Gasteiger partial charge on any atom is 0.0602 e. The van der Waals surface area contributed by atoms with Crippen molar-refractivity contribution < 1.29 is 0 Å². The highest BCUT2D eigenvalue weighted by atomic mass is 35.5. The number of aryl methyl sites for hydroxylation is 1. The number of hydrogen-bond acceptors (Lipinski definition) is 2. The van der Waals surface area contributed by atoms with Gasteiger partial charge in [-0.15, -0.1) is 24.8 Å². The van der Waals surface area contributed by atoms with E-state index in [4.69, 9.17) is 0 Å². The van der Waals surface area contributed by atoms with E-state index in [9.17, 15) is 0 Å². The van der Waals surface area contributed by atoms with Crippen LogP contribution in [-0.4, -0.2) is 11.5 Å². The molecule has 1 aliphatic rings. The topological polar surface area (TPSA) is 24.9 Å². The molecule has 1 aromatic heterocycles. The summed E-state index contributed by atoms with van der Waals surface area (Å²) in [5.74, 6) is 0. The molecule has 0 saturated carbocycles. The summed E-state index contributed by atoms with van der Waals surface area (Å²) in [7, 11) is 0. The fourth-order valence-electron chi connectivity index (χ4n) is 1.78. The minimum absolute atomic E-state index is 0. The van der Waals surface area contributed by atoms with Gasteiger partial charge >= 0.3 is 0 Å². The normalized spacial score (nSPS) is 19.6. The van der Waals surface area contributed by atoms with Gasteiger partial charge in [-0.25, -0.2) is 0 Å². The van der Waals surface area contributed by atoms with Crippen LogP contribution in [-0.2, 0) is 0 Å². The molecular weight excluding hydrogens is 219 g/mol. The molecule has 2 heterocycles. The Bertz CT molecular complexity index is 273. The molecule has 0 bridgehead atoms. The fraction of sp³-hybridized carbons (Fsp3) is 0.500. The molecular formula is C10H16Cl2N2. The molecule has 0 spiro atoms. The standard InChI is InChI=1S/C10H14N2.2ClH/c1-8-4-2-7-12-10(8)9-5-3-6-11-9;;/h2,4,7,9,11H,3,5-6H2,1H3;2*1H. The Kier molecular flexibility index (Phi) is 6.09. The van der Waals surface area contributed by atoms with Crippen LogP contribution in [0.3, 0.4) is 0 Å². The van der Waals surface area contributed by atoms with Crippen molar-refractivity contribution in [2.75, 3.05) is 6.54 Å². The van der Waals surface area contributed by atoms with Gasteiger partial charge in [0.05, 0.1) is 5.69 Å². The summed E-state index contributed by atoms with van der Waals surface area (Å²) in [6.45, 7) is 3.27. The monoisotopic (exact) mass is 234 g/mol. The smallest absolute Gasteiger partial charge is 0.0602 e. The molecule has 2 nitrogen and oxygen atoms in total. The van der Waals surface area contributed by atoms with Crippen molar-refractivity contribution in [2.45, 2.75) is 25.8 Å². The lowest BCUT2D eigenvalue weighted by atomic mass is 10.1. The Morgan fingerprint density at radius 3 is 2.79 bits per heavy atom. The van der Waals surface area contributed by atoms with Gasteiger partial charge in [0.1, 0.15) is 0 Å². The maximum atomic E-state index is 4.40. The third-order valence-corrected chi connectivity index (χ3v) is 2.44. The van der Waals surface area contributed by atoms with Crippen LogP contribution >= 0.6 is 24.8 Å². The lowest BCUT2D eigenvalue weighted by molar-refractivity contribution is 0.623. The summed E-state index contributed by atoms with van der Waals surface area (Å²) in [6, 6.07) is 4.63. The van der Waals surface area contributed by atoms with Crippen LogP contribution in [0, 0.1) is 6.92 Å². The van der Waals surface area contributed by atoms with Crippen molar-refractivity contribution in [3.8, 4) is 0 Å². The van der Waals surface area contributed by atoms with Gasteiger partial charge in [-0.05, 0) is 37.9 Å². The number of nitrogens with zero attached hydrogens (tertiary/aromatic N) is 1. The number of nitrogens with one attached hydrogen (secondary N) is 1. The van der Waals surface area contributed by atoms with Crippen LogP contribution < -0.4 is 5.32 Å². The van der Waals surface area contributed by atoms with Gasteiger partial charge in [-0.3, -0.25) is 4.98 Å². The number of pyridine rings is 1. The lowest BCUT2D eigenvalue weighted by Crippen LogP contribution is -2.15. The Balaban J connectivity index is 0.000000845. The van der Waals surface area contributed by atoms with Crippen molar-refractivity contribution in [1.29, 1.82) is 0 Å². The van der Waals surface area contributed by atoms with E-state index in [2.05, 4.69) is 23.3 Å². The largest absolute Gasteiger partial charge is 0.309 e. The predicted octanol–water partition coefficient (Wildman–Crippen LogP) is 2.66. The molecule has 1 N–H and O–H groups in total. The molecule has 2 rings (SSSR count). The van der Waals surface area contributed by atoms with Crippen LogP contribution in [0.25, 0.3) is 0 Å². The molecule has 1 saturated heterocycles. The highest BCUT2D eigenvalue weighted by Gasteiger charge is 2.18. The van der Waals surface area contributed by atoms with Gasteiger partial charge in [0, 0.05) is 12.2 Å². The van der Waals surface area contributed by atoms with Gasteiger partial charge < -0.3 is 5.32 Å². The third-order valence-electron chi connectivity index (χ3n) is 2.44. The van der Waals surface area contributed by atoms with Crippen molar-refractivity contribution in [2.24, 2.45) is 0 Å². The molecule has 1 fully saturated rings. The average Bonchev–Trinajstić information content (AvgIpc) is 2.57. The second-order valence-corrected chi connectivity index (χ2v) is 3.35. The van der Waals surface area contributed by atoms with E-state index in [1.807, 2.05) is 12.3 Å². The zero-order chi connectivity index (χ0) is 8.39. The molecule has 4 heteroatoms. The highest BCUT2D eigenvalue weighted by Crippen LogP contribution is 2.23. The van der Waals surface area contributed by atoms with Gasteiger partial charge in [-0.1, -0.05) is 6.07 Å². The first kappa shape index (κ1) is 13.7. The van der Waals surface area contributed by atoms with Gasteiger partial charge in [0.15, 0.2) is 0 Å². The Morgan fingerprint density at radius 1 is 1.43 bits per heavy atom. The Hall–Kier alpha value is -0.310. The maximum absolute atomic E-state index is 4.40. The van der Waals surface area contributed by atoms with E-state index in [1.165, 1.54) is 24.1 Å². The molecule has 0 aromatic carbocycles. The second kappa shape index (κ2) is 6.23. The van der Waals surface area contributed by atoms with Gasteiger partial charge in [0.2, 0.25) is 0 Å². The molecule has 1 atom stereocenters. The van der Waals surface area contributed by atoms with Crippen molar-refractivity contribution in [3.63, 3.8) is 0 Å². The van der Waals surface area contributed by atoms with Gasteiger partial charge in [-0.2, -0.15) is 0 Å². The predicted molar refractivity (Wildman–Crippen MR) is 63.4 cm³/mol. The summed E-state index contributed by atoms with van der Waals surface area (Å²) in [6.07, 6.45) is 4.39. The van der Waals surface area contributed by atoms with Crippen molar-refractivity contribution >= 4 is 24.8 Å². The molecule has 80 valence electrons. The van der Waals surface area contributed by atoms with Crippen LogP contribution in [0.5, 0.6) is 0 Å². The molecule has 1 aliphatic heterocycles. The van der Waals surface area contributed by atoms with Crippen LogP contribution in [0.1, 0.15) is 30.1 Å². The number of rotatable bonds is 1. The highest BCUT2D eigenvalue weighted by molar-refractivity contribution is 5.85. The fourth-order valence-corrected chi connectivity index (χ4v) is 1.78. The van der Waals surface area contributed by atoms with E-state index in [0.29, 0.717) is 6.04 Å². The molecule has 0 aliphatic carbocycles. The Morgan fingerprint density at radius 2 is 2.21 bits per heavy atom. The van der Waals surface area contributed by atoms with E-state index in [1.54, 1.807) is 0 Å². The Labute approximate surface area is 97.3 Å². The van der Waals surface area contributed by atoms with Crippen LogP contribution in [0.15, 0.2) is 18.3 Å². The number of halogens is 2. The zero-order valence-electron chi connectivity index (χ0n) is 8.19. The molecule has 1 unspecified atom stereocenters. The minimum atomic E-state index is 0. The molecule has 0 amide bonds. The first-order valence-corrected chi connectivity index (χ1v) is 4.53. The summed E-state index contributed by atoms with van der Waals surface area (Å²) < 4.78 is 0. The SMILES string of the molecule is Cc1cccnc1C1CCCN1.Cl.Cl. The second-order valence-electron chi connectivity index (χ2n) is 3.35.